The van der Waals surface area contributed by atoms with E-state index < -0.39 is 0 Å². The van der Waals surface area contributed by atoms with Crippen LogP contribution in [0.25, 0.3) is 11.4 Å². The number of hydrogen-bond acceptors (Lipinski definition) is 8. The molecule has 160 valence electrons. The van der Waals surface area contributed by atoms with Crippen LogP contribution in [0.4, 0.5) is 0 Å². The molecule has 0 atom stereocenters. The smallest absolute Gasteiger partial charge is 0.187 e. The molecular formula is C22H15N9S2. The zero-order valence-corrected chi connectivity index (χ0v) is 18.5. The first-order valence-corrected chi connectivity index (χ1v) is 11.4. The van der Waals surface area contributed by atoms with Crippen molar-refractivity contribution in [3.05, 3.63) is 80.6 Å². The molecule has 6 rings (SSSR count). The van der Waals surface area contributed by atoms with Gasteiger partial charge in [0.2, 0.25) is 0 Å². The van der Waals surface area contributed by atoms with Gasteiger partial charge < -0.3 is 11.5 Å². The van der Waals surface area contributed by atoms with Crippen LogP contribution >= 0.6 is 23.5 Å². The van der Waals surface area contributed by atoms with Crippen LogP contribution in [-0.2, 0) is 0 Å². The number of hydrogen-bond donors (Lipinski definition) is 5. The Balaban J connectivity index is 1.62. The zero-order chi connectivity index (χ0) is 22.9. The molecular weight excluding hydrogens is 454 g/mol. The van der Waals surface area contributed by atoms with Gasteiger partial charge in [0.05, 0.1) is 21.2 Å². The van der Waals surface area contributed by atoms with Crippen molar-refractivity contribution in [2.45, 2.75) is 0 Å². The molecule has 0 amide bonds. The third-order valence-corrected chi connectivity index (χ3v) is 7.26. The second-order valence-corrected chi connectivity index (χ2v) is 9.37. The Bertz CT molecular complexity index is 1490. The lowest BCUT2D eigenvalue weighted by Gasteiger charge is -2.22. The monoisotopic (exact) mass is 469 g/mol. The van der Waals surface area contributed by atoms with Crippen LogP contribution in [0.1, 0.15) is 22.3 Å². The number of thioether (sulfide) groups is 2. The molecule has 4 heterocycles. The van der Waals surface area contributed by atoms with Crippen LogP contribution in [0.5, 0.6) is 0 Å². The van der Waals surface area contributed by atoms with Gasteiger partial charge in [-0.3, -0.25) is 21.1 Å². The molecule has 2 aromatic carbocycles. The van der Waals surface area contributed by atoms with Gasteiger partial charge in [-0.1, -0.05) is 48.5 Å². The number of fused-ring (bicyclic) bond motifs is 2. The van der Waals surface area contributed by atoms with Crippen molar-refractivity contribution in [2.24, 2.45) is 26.4 Å². The average molecular weight is 470 g/mol. The number of rotatable bonds is 0. The van der Waals surface area contributed by atoms with E-state index in [1.165, 1.54) is 11.8 Å². The molecule has 4 aliphatic heterocycles. The molecule has 0 spiro atoms. The van der Waals surface area contributed by atoms with Gasteiger partial charge in [-0.25, -0.2) is 15.0 Å². The predicted molar refractivity (Wildman–Crippen MR) is 136 cm³/mol. The van der Waals surface area contributed by atoms with Gasteiger partial charge in [0.15, 0.2) is 10.3 Å². The molecule has 33 heavy (non-hydrogen) atoms. The number of amidine groups is 6. The normalized spacial score (nSPS) is 23.7. The van der Waals surface area contributed by atoms with E-state index in [-0.39, 0.29) is 27.8 Å². The maximum Gasteiger partial charge on any atom is 0.187 e. The average Bonchev–Trinajstić information content (AvgIpc) is 3.51. The van der Waals surface area contributed by atoms with Crippen molar-refractivity contribution < 1.29 is 0 Å². The van der Waals surface area contributed by atoms with E-state index in [0.29, 0.717) is 27.0 Å². The van der Waals surface area contributed by atoms with Gasteiger partial charge in [-0.2, -0.15) is 0 Å². The summed E-state index contributed by atoms with van der Waals surface area (Å²) in [6.45, 7) is 0. The van der Waals surface area contributed by atoms with E-state index in [2.05, 4.69) is 9.98 Å². The molecule has 0 fully saturated rings. The van der Waals surface area contributed by atoms with Crippen LogP contribution in [0.3, 0.4) is 0 Å². The standard InChI is InChI=1S/C22H15N9S2/c23-17-15(32-21(26)29-17)13-9-5-1-4-8-12(9)20(28-13)31-14(16-18(24)30-22(27)33-16)10-6-2-3-7-11(10)19(31)25/h1-8,25H,(H3,23,26,29)(H3,24,27,30)/b15-13+,16-14+,25-19?. The van der Waals surface area contributed by atoms with Crippen LogP contribution in [-0.4, -0.2) is 38.6 Å². The molecule has 0 saturated carbocycles. The first kappa shape index (κ1) is 19.7. The first-order valence-electron chi connectivity index (χ1n) is 9.81. The molecule has 2 aromatic rings. The third kappa shape index (κ3) is 2.82. The molecule has 0 unspecified atom stereocenters. The quantitative estimate of drug-likeness (QED) is 0.399. The van der Waals surface area contributed by atoms with Gasteiger partial charge in [-0.05, 0) is 23.5 Å². The Morgan fingerprint density at radius 3 is 1.82 bits per heavy atom. The summed E-state index contributed by atoms with van der Waals surface area (Å²) in [5.41, 5.74) is 16.8. The Hall–Kier alpha value is -3.96. The minimum Gasteiger partial charge on any atom is -0.383 e. The molecule has 0 aromatic heterocycles. The molecule has 9 nitrogen and oxygen atoms in total. The van der Waals surface area contributed by atoms with E-state index in [4.69, 9.17) is 32.7 Å². The van der Waals surface area contributed by atoms with Gasteiger partial charge in [0.25, 0.3) is 0 Å². The van der Waals surface area contributed by atoms with Crippen LogP contribution < -0.4 is 11.5 Å². The topological polar surface area (TPSA) is 164 Å². The van der Waals surface area contributed by atoms with Gasteiger partial charge in [-0.15, -0.1) is 0 Å². The molecule has 0 aliphatic carbocycles. The first-order chi connectivity index (χ1) is 15.9. The predicted octanol–water partition coefficient (Wildman–Crippen LogP) is 3.20. The number of nitrogens with zero attached hydrogens (tertiary/aromatic N) is 4. The largest absolute Gasteiger partial charge is 0.383 e. The fourth-order valence-electron chi connectivity index (χ4n) is 4.14. The molecule has 11 heteroatoms. The highest BCUT2D eigenvalue weighted by atomic mass is 32.2. The lowest BCUT2D eigenvalue weighted by Crippen LogP contribution is -2.32. The fourth-order valence-corrected chi connectivity index (χ4v) is 5.67. The summed E-state index contributed by atoms with van der Waals surface area (Å²) in [4.78, 5) is 16.1. The van der Waals surface area contributed by atoms with Crippen LogP contribution in [0.15, 0.2) is 73.3 Å². The molecule has 0 saturated heterocycles. The van der Waals surface area contributed by atoms with Crippen molar-refractivity contribution in [1.82, 2.24) is 4.90 Å². The Morgan fingerprint density at radius 1 is 0.667 bits per heavy atom. The lowest BCUT2D eigenvalue weighted by molar-refractivity contribution is 0.879. The van der Waals surface area contributed by atoms with Gasteiger partial charge in [0.1, 0.15) is 23.3 Å². The zero-order valence-electron chi connectivity index (χ0n) is 16.9. The highest BCUT2D eigenvalue weighted by Crippen LogP contribution is 2.45. The maximum atomic E-state index is 9.01. The number of benzene rings is 2. The number of nitrogens with two attached hydrogens (primary N) is 2. The van der Waals surface area contributed by atoms with Crippen molar-refractivity contribution >= 4 is 68.6 Å². The third-order valence-electron chi connectivity index (χ3n) is 5.47. The van der Waals surface area contributed by atoms with E-state index in [1.54, 1.807) is 4.90 Å². The van der Waals surface area contributed by atoms with Gasteiger partial charge >= 0.3 is 0 Å². The van der Waals surface area contributed by atoms with Crippen molar-refractivity contribution in [2.75, 3.05) is 0 Å². The Morgan fingerprint density at radius 2 is 1.21 bits per heavy atom. The summed E-state index contributed by atoms with van der Waals surface area (Å²) in [5.74, 6) is 1.31. The Kier molecular flexibility index (Phi) is 4.19. The molecule has 0 bridgehead atoms. The lowest BCUT2D eigenvalue weighted by atomic mass is 10.1. The van der Waals surface area contributed by atoms with E-state index >= 15 is 0 Å². The minimum atomic E-state index is 0.104. The second-order valence-electron chi connectivity index (χ2n) is 7.37. The molecule has 0 radical (unpaired) electrons. The van der Waals surface area contributed by atoms with Crippen LogP contribution in [0, 0.1) is 16.2 Å². The number of aliphatic imine (C=N–C) groups is 3. The van der Waals surface area contributed by atoms with E-state index in [1.807, 2.05) is 48.5 Å². The van der Waals surface area contributed by atoms with Crippen molar-refractivity contribution in [3.8, 4) is 0 Å². The molecule has 7 N–H and O–H groups in total. The SMILES string of the molecule is N=C1N=C(N)/C(=C2\N=C(N3C(=N)c4ccccc4/C3=C3\SC(=N)N=C3N)c3ccccc32)S1. The molecule has 4 aliphatic rings. The second kappa shape index (κ2) is 7.02. The minimum absolute atomic E-state index is 0.104. The van der Waals surface area contributed by atoms with Gasteiger partial charge in [0, 0.05) is 22.3 Å². The summed E-state index contributed by atoms with van der Waals surface area (Å²) < 4.78 is 0. The number of nitrogens with one attached hydrogen (secondary N) is 3. The fraction of sp³-hybridized carbons (Fsp3) is 0. The maximum absolute atomic E-state index is 9.01. The van der Waals surface area contributed by atoms with E-state index in [9.17, 15) is 0 Å². The Labute approximate surface area is 196 Å². The van der Waals surface area contributed by atoms with Crippen molar-refractivity contribution in [1.29, 1.82) is 16.2 Å². The van der Waals surface area contributed by atoms with Crippen molar-refractivity contribution in [3.63, 3.8) is 0 Å². The summed E-state index contributed by atoms with van der Waals surface area (Å²) in [6.07, 6.45) is 0. The summed E-state index contributed by atoms with van der Waals surface area (Å²) in [6, 6.07) is 15.3. The highest BCUT2D eigenvalue weighted by molar-refractivity contribution is 8.18. The van der Waals surface area contributed by atoms with E-state index in [0.717, 1.165) is 34.0 Å². The van der Waals surface area contributed by atoms with Crippen LogP contribution in [0.2, 0.25) is 0 Å². The summed E-state index contributed by atoms with van der Waals surface area (Å²) >= 11 is 2.33. The summed E-state index contributed by atoms with van der Waals surface area (Å²) in [5, 5.41) is 25.1. The summed E-state index contributed by atoms with van der Waals surface area (Å²) in [7, 11) is 0. The highest BCUT2D eigenvalue weighted by Gasteiger charge is 2.40.